The van der Waals surface area contributed by atoms with Gasteiger partial charge in [-0.1, -0.05) is 48.5 Å². The van der Waals surface area contributed by atoms with Crippen LogP contribution in [0.2, 0.25) is 0 Å². The van der Waals surface area contributed by atoms with Crippen LogP contribution in [0.5, 0.6) is 0 Å². The molecule has 1 aliphatic carbocycles. The fourth-order valence-corrected chi connectivity index (χ4v) is 5.43. The van der Waals surface area contributed by atoms with E-state index < -0.39 is 11.5 Å². The molecular weight excluding hydrogens is 368 g/mol. The normalized spacial score (nSPS) is 27.4. The van der Waals surface area contributed by atoms with Crippen molar-refractivity contribution in [3.8, 4) is 11.1 Å². The Morgan fingerprint density at radius 1 is 1.00 bits per heavy atom. The summed E-state index contributed by atoms with van der Waals surface area (Å²) in [7, 11) is 0. The molecule has 1 amide bonds. The van der Waals surface area contributed by atoms with E-state index in [1.54, 1.807) is 4.90 Å². The molecule has 2 fully saturated rings. The van der Waals surface area contributed by atoms with Crippen LogP contribution in [0.15, 0.2) is 48.5 Å². The SMILES string of the molecule is NC1(C(=O)O)CC2CCC(C1)N2C(=O)OCC1c2ccccc2-c2ccccc21. The molecular formula is C23H24N2O4. The minimum Gasteiger partial charge on any atom is -0.480 e. The van der Waals surface area contributed by atoms with Crippen LogP contribution in [0, 0.1) is 0 Å². The Morgan fingerprint density at radius 3 is 2.03 bits per heavy atom. The van der Waals surface area contributed by atoms with Gasteiger partial charge in [0.1, 0.15) is 12.1 Å². The second kappa shape index (κ2) is 6.59. The molecule has 150 valence electrons. The van der Waals surface area contributed by atoms with Crippen LogP contribution in [0.3, 0.4) is 0 Å². The van der Waals surface area contributed by atoms with Gasteiger partial charge < -0.3 is 20.5 Å². The summed E-state index contributed by atoms with van der Waals surface area (Å²) in [5.41, 5.74) is 9.58. The molecule has 29 heavy (non-hydrogen) atoms. The predicted octanol–water partition coefficient (Wildman–Crippen LogP) is 3.34. The number of ether oxygens (including phenoxy) is 1. The monoisotopic (exact) mass is 392 g/mol. The van der Waals surface area contributed by atoms with Crippen LogP contribution in [0.25, 0.3) is 11.1 Å². The van der Waals surface area contributed by atoms with E-state index in [9.17, 15) is 14.7 Å². The molecule has 2 heterocycles. The van der Waals surface area contributed by atoms with Crippen molar-refractivity contribution < 1.29 is 19.4 Å². The van der Waals surface area contributed by atoms with Crippen LogP contribution < -0.4 is 5.73 Å². The number of nitrogens with two attached hydrogens (primary N) is 1. The molecule has 3 aliphatic rings. The molecule has 6 heteroatoms. The first-order chi connectivity index (χ1) is 14.0. The maximum atomic E-state index is 12.9. The number of hydrogen-bond donors (Lipinski definition) is 2. The standard InChI is InChI=1S/C23H24N2O4/c24-23(21(26)27)11-14-9-10-15(12-23)25(14)22(28)29-13-20-18-7-3-1-5-16(18)17-6-2-4-8-19(17)20/h1-8,14-15,20H,9-13,24H2,(H,26,27). The number of piperidine rings is 1. The van der Waals surface area contributed by atoms with E-state index in [0.29, 0.717) is 0 Å². The average molecular weight is 392 g/mol. The highest BCUT2D eigenvalue weighted by molar-refractivity contribution is 5.80. The lowest BCUT2D eigenvalue weighted by molar-refractivity contribution is -0.146. The van der Waals surface area contributed by atoms with Gasteiger partial charge in [-0.25, -0.2) is 4.79 Å². The lowest BCUT2D eigenvalue weighted by Crippen LogP contribution is -2.60. The number of amides is 1. The molecule has 2 bridgehead atoms. The van der Waals surface area contributed by atoms with Gasteiger partial charge in [0.2, 0.25) is 0 Å². The first-order valence-electron chi connectivity index (χ1n) is 10.1. The fraction of sp³-hybridized carbons (Fsp3) is 0.391. The number of carboxylic acid groups (broad SMARTS) is 1. The van der Waals surface area contributed by atoms with Crippen molar-refractivity contribution in [2.45, 2.75) is 49.2 Å². The van der Waals surface area contributed by atoms with E-state index in [2.05, 4.69) is 24.3 Å². The summed E-state index contributed by atoms with van der Waals surface area (Å²) in [5.74, 6) is -0.969. The molecule has 3 N–H and O–H groups in total. The smallest absolute Gasteiger partial charge is 0.410 e. The number of hydrogen-bond acceptors (Lipinski definition) is 4. The molecule has 0 saturated carbocycles. The molecule has 6 nitrogen and oxygen atoms in total. The Bertz CT molecular complexity index is 929. The number of benzene rings is 2. The van der Waals surface area contributed by atoms with Crippen molar-refractivity contribution in [1.82, 2.24) is 4.90 Å². The summed E-state index contributed by atoms with van der Waals surface area (Å²) in [6.45, 7) is 0.273. The van der Waals surface area contributed by atoms with Crippen molar-refractivity contribution in [3.05, 3.63) is 59.7 Å². The fourth-order valence-electron chi connectivity index (χ4n) is 5.43. The first-order valence-corrected chi connectivity index (χ1v) is 10.1. The maximum Gasteiger partial charge on any atom is 0.410 e. The third-order valence-electron chi connectivity index (χ3n) is 6.79. The summed E-state index contributed by atoms with van der Waals surface area (Å²) in [6.07, 6.45) is 1.76. The largest absolute Gasteiger partial charge is 0.480 e. The highest BCUT2D eigenvalue weighted by Gasteiger charge is 2.52. The number of carboxylic acids is 1. The number of carbonyl (C=O) groups excluding carboxylic acids is 1. The van der Waals surface area contributed by atoms with E-state index >= 15 is 0 Å². The number of carbonyl (C=O) groups is 2. The van der Waals surface area contributed by atoms with Gasteiger partial charge in [-0.05, 0) is 47.9 Å². The second-order valence-electron chi connectivity index (χ2n) is 8.47. The first kappa shape index (κ1) is 18.2. The van der Waals surface area contributed by atoms with Gasteiger partial charge >= 0.3 is 12.1 Å². The number of nitrogens with zero attached hydrogens (tertiary/aromatic N) is 1. The molecule has 5 rings (SSSR count). The Labute approximate surface area is 169 Å². The molecule has 2 unspecified atom stereocenters. The Kier molecular flexibility index (Phi) is 4.13. The highest BCUT2D eigenvalue weighted by Crippen LogP contribution is 2.45. The van der Waals surface area contributed by atoms with Crippen LogP contribution in [0.1, 0.15) is 42.7 Å². The zero-order chi connectivity index (χ0) is 20.2. The molecule has 2 aromatic carbocycles. The van der Waals surface area contributed by atoms with Crippen molar-refractivity contribution >= 4 is 12.1 Å². The molecule has 2 aromatic rings. The van der Waals surface area contributed by atoms with E-state index in [-0.39, 0.29) is 43.5 Å². The van der Waals surface area contributed by atoms with Crippen molar-refractivity contribution in [3.63, 3.8) is 0 Å². The molecule has 0 aromatic heterocycles. The zero-order valence-corrected chi connectivity index (χ0v) is 16.1. The molecule has 2 saturated heterocycles. The van der Waals surface area contributed by atoms with Gasteiger partial charge in [0.05, 0.1) is 0 Å². The summed E-state index contributed by atoms with van der Waals surface area (Å²) in [5, 5.41) is 9.46. The molecule has 0 spiro atoms. The summed E-state index contributed by atoms with van der Waals surface area (Å²) < 4.78 is 5.79. The minimum absolute atomic E-state index is 0.0152. The molecule has 0 radical (unpaired) electrons. The molecule has 2 aliphatic heterocycles. The Hall–Kier alpha value is -2.86. The third-order valence-corrected chi connectivity index (χ3v) is 6.79. The summed E-state index contributed by atoms with van der Waals surface area (Å²) in [6, 6.07) is 16.1. The quantitative estimate of drug-likeness (QED) is 0.836. The predicted molar refractivity (Wildman–Crippen MR) is 108 cm³/mol. The van der Waals surface area contributed by atoms with E-state index in [0.717, 1.165) is 12.8 Å². The maximum absolute atomic E-state index is 12.9. The van der Waals surface area contributed by atoms with Crippen LogP contribution >= 0.6 is 0 Å². The lowest BCUT2D eigenvalue weighted by atomic mass is 9.84. The van der Waals surface area contributed by atoms with Crippen molar-refractivity contribution in [2.24, 2.45) is 5.73 Å². The Morgan fingerprint density at radius 2 is 1.52 bits per heavy atom. The highest BCUT2D eigenvalue weighted by atomic mass is 16.6. The Balaban J connectivity index is 1.33. The zero-order valence-electron chi connectivity index (χ0n) is 16.1. The van der Waals surface area contributed by atoms with E-state index in [1.165, 1.54) is 22.3 Å². The molecule has 2 atom stereocenters. The van der Waals surface area contributed by atoms with Crippen LogP contribution in [0.4, 0.5) is 4.79 Å². The van der Waals surface area contributed by atoms with Crippen LogP contribution in [-0.4, -0.2) is 46.3 Å². The summed E-state index contributed by atoms with van der Waals surface area (Å²) >= 11 is 0. The van der Waals surface area contributed by atoms with Gasteiger partial charge in [-0.15, -0.1) is 0 Å². The van der Waals surface area contributed by atoms with Gasteiger partial charge in [0.25, 0.3) is 0 Å². The van der Waals surface area contributed by atoms with E-state index in [4.69, 9.17) is 10.5 Å². The van der Waals surface area contributed by atoms with Gasteiger partial charge in [-0.3, -0.25) is 4.79 Å². The lowest BCUT2D eigenvalue weighted by Gasteiger charge is -2.41. The second-order valence-corrected chi connectivity index (χ2v) is 8.47. The van der Waals surface area contributed by atoms with E-state index in [1.807, 2.05) is 24.3 Å². The van der Waals surface area contributed by atoms with Crippen LogP contribution in [-0.2, 0) is 9.53 Å². The van der Waals surface area contributed by atoms with Crippen molar-refractivity contribution in [1.29, 1.82) is 0 Å². The minimum atomic E-state index is -1.24. The third kappa shape index (κ3) is 2.82. The topological polar surface area (TPSA) is 92.9 Å². The van der Waals surface area contributed by atoms with Gasteiger partial charge in [-0.2, -0.15) is 0 Å². The number of aliphatic carboxylic acids is 1. The summed E-state index contributed by atoms with van der Waals surface area (Å²) in [4.78, 5) is 26.2. The van der Waals surface area contributed by atoms with Gasteiger partial charge in [0, 0.05) is 18.0 Å². The van der Waals surface area contributed by atoms with Gasteiger partial charge in [0.15, 0.2) is 0 Å². The number of rotatable bonds is 3. The number of fused-ring (bicyclic) bond motifs is 5. The average Bonchev–Trinajstić information content (AvgIpc) is 3.19. The van der Waals surface area contributed by atoms with Crippen molar-refractivity contribution in [2.75, 3.05) is 6.61 Å².